The van der Waals surface area contributed by atoms with Gasteiger partial charge in [0.2, 0.25) is 0 Å². The highest BCUT2D eigenvalue weighted by molar-refractivity contribution is 5.40. The summed E-state index contributed by atoms with van der Waals surface area (Å²) in [6.07, 6.45) is 3.96. The van der Waals surface area contributed by atoms with Crippen molar-refractivity contribution in [3.8, 4) is 0 Å². The monoisotopic (exact) mass is 336 g/mol. The second-order valence-electron chi connectivity index (χ2n) is 6.21. The molecule has 1 aromatic heterocycles. The van der Waals surface area contributed by atoms with Crippen molar-refractivity contribution in [1.29, 1.82) is 0 Å². The average molecular weight is 336 g/mol. The van der Waals surface area contributed by atoms with Gasteiger partial charge in [-0.1, -0.05) is 42.5 Å². The molecular weight excluding hydrogens is 312 g/mol. The van der Waals surface area contributed by atoms with Crippen LogP contribution in [0.3, 0.4) is 0 Å². The van der Waals surface area contributed by atoms with Crippen molar-refractivity contribution in [3.63, 3.8) is 0 Å². The third-order valence-corrected chi connectivity index (χ3v) is 4.05. The van der Waals surface area contributed by atoms with E-state index in [1.807, 2.05) is 47.3 Å². The van der Waals surface area contributed by atoms with Crippen LogP contribution in [0.1, 0.15) is 16.7 Å². The van der Waals surface area contributed by atoms with E-state index in [9.17, 15) is 5.11 Å². The van der Waals surface area contributed by atoms with Crippen LogP contribution in [-0.4, -0.2) is 32.9 Å². The summed E-state index contributed by atoms with van der Waals surface area (Å²) in [5.41, 5.74) is 10.1. The molecule has 2 aromatic carbocycles. The first kappa shape index (κ1) is 17.2. The molecule has 0 radical (unpaired) electrons. The number of nitrogen functional groups attached to an aromatic ring is 1. The molecule has 1 heterocycles. The lowest BCUT2D eigenvalue weighted by Gasteiger charge is -2.20. The van der Waals surface area contributed by atoms with Gasteiger partial charge in [-0.05, 0) is 23.3 Å². The topological polar surface area (TPSA) is 67.3 Å². The van der Waals surface area contributed by atoms with E-state index in [-0.39, 0.29) is 6.61 Å². The minimum atomic E-state index is 0.125. The Bertz CT molecular complexity index is 785. The van der Waals surface area contributed by atoms with Gasteiger partial charge in [0.1, 0.15) is 0 Å². The summed E-state index contributed by atoms with van der Waals surface area (Å²) in [4.78, 5) is 2.19. The molecule has 25 heavy (non-hydrogen) atoms. The molecule has 0 aliphatic carbocycles. The van der Waals surface area contributed by atoms with Crippen molar-refractivity contribution >= 4 is 5.69 Å². The molecule has 3 aromatic rings. The SMILES string of the molecule is Nc1cccc(CN(CCO)Cc2cnn(Cc3ccccc3)c2)c1. The Kier molecular flexibility index (Phi) is 5.82. The predicted octanol–water partition coefficient (Wildman–Crippen LogP) is 2.51. The number of hydrogen-bond donors (Lipinski definition) is 2. The largest absolute Gasteiger partial charge is 0.399 e. The second-order valence-corrected chi connectivity index (χ2v) is 6.21. The fourth-order valence-electron chi connectivity index (χ4n) is 2.91. The summed E-state index contributed by atoms with van der Waals surface area (Å²) in [6, 6.07) is 18.2. The first-order valence-corrected chi connectivity index (χ1v) is 8.46. The Balaban J connectivity index is 1.64. The Morgan fingerprint density at radius 3 is 2.48 bits per heavy atom. The van der Waals surface area contributed by atoms with Gasteiger partial charge in [0.25, 0.3) is 0 Å². The lowest BCUT2D eigenvalue weighted by atomic mass is 10.2. The number of nitrogens with two attached hydrogens (primary N) is 1. The first-order valence-electron chi connectivity index (χ1n) is 8.46. The quantitative estimate of drug-likeness (QED) is 0.620. The van der Waals surface area contributed by atoms with Crippen molar-refractivity contribution in [1.82, 2.24) is 14.7 Å². The van der Waals surface area contributed by atoms with Gasteiger partial charge >= 0.3 is 0 Å². The molecule has 0 amide bonds. The molecule has 5 heteroatoms. The smallest absolute Gasteiger partial charge is 0.0659 e. The summed E-state index contributed by atoms with van der Waals surface area (Å²) in [6.45, 7) is 2.98. The molecule has 0 bridgehead atoms. The van der Waals surface area contributed by atoms with Gasteiger partial charge < -0.3 is 10.8 Å². The fourth-order valence-corrected chi connectivity index (χ4v) is 2.91. The van der Waals surface area contributed by atoms with Gasteiger partial charge in [0.05, 0.1) is 19.3 Å². The maximum absolute atomic E-state index is 9.36. The normalized spacial score (nSPS) is 11.1. The predicted molar refractivity (Wildman–Crippen MR) is 99.8 cm³/mol. The molecule has 0 aliphatic heterocycles. The minimum absolute atomic E-state index is 0.125. The lowest BCUT2D eigenvalue weighted by Crippen LogP contribution is -2.26. The zero-order valence-electron chi connectivity index (χ0n) is 14.3. The number of aliphatic hydroxyl groups excluding tert-OH is 1. The molecule has 0 fully saturated rings. The van der Waals surface area contributed by atoms with Crippen molar-refractivity contribution in [2.45, 2.75) is 19.6 Å². The van der Waals surface area contributed by atoms with E-state index in [0.717, 1.165) is 36.4 Å². The van der Waals surface area contributed by atoms with E-state index < -0.39 is 0 Å². The molecule has 0 saturated heterocycles. The number of aromatic nitrogens is 2. The van der Waals surface area contributed by atoms with Gasteiger partial charge in [-0.25, -0.2) is 0 Å². The van der Waals surface area contributed by atoms with Crippen LogP contribution in [0.15, 0.2) is 67.0 Å². The van der Waals surface area contributed by atoms with E-state index in [0.29, 0.717) is 6.54 Å². The Hall–Kier alpha value is -2.63. The molecule has 3 N–H and O–H groups in total. The minimum Gasteiger partial charge on any atom is -0.399 e. The molecule has 0 saturated carbocycles. The molecule has 0 spiro atoms. The van der Waals surface area contributed by atoms with Crippen LogP contribution in [-0.2, 0) is 19.6 Å². The van der Waals surface area contributed by atoms with Crippen molar-refractivity contribution in [3.05, 3.63) is 83.7 Å². The lowest BCUT2D eigenvalue weighted by molar-refractivity contribution is 0.184. The van der Waals surface area contributed by atoms with E-state index in [1.165, 1.54) is 5.56 Å². The summed E-state index contributed by atoms with van der Waals surface area (Å²) < 4.78 is 1.95. The summed E-state index contributed by atoms with van der Waals surface area (Å²) in [7, 11) is 0. The summed E-state index contributed by atoms with van der Waals surface area (Å²) in [5, 5.41) is 13.8. The highest BCUT2D eigenvalue weighted by atomic mass is 16.3. The van der Waals surface area contributed by atoms with Gasteiger partial charge in [-0.15, -0.1) is 0 Å². The van der Waals surface area contributed by atoms with Crippen LogP contribution in [0.25, 0.3) is 0 Å². The van der Waals surface area contributed by atoms with Crippen LogP contribution in [0.5, 0.6) is 0 Å². The second kappa shape index (κ2) is 8.46. The van der Waals surface area contributed by atoms with Crippen LogP contribution in [0.2, 0.25) is 0 Å². The standard InChI is InChI=1S/C20H24N4O/c21-20-8-4-7-18(11-20)13-23(9-10-25)14-19-12-22-24(16-19)15-17-5-2-1-3-6-17/h1-8,11-12,16,25H,9-10,13-15,21H2. The maximum Gasteiger partial charge on any atom is 0.0659 e. The van der Waals surface area contributed by atoms with Gasteiger partial charge in [-0.3, -0.25) is 9.58 Å². The average Bonchev–Trinajstić information content (AvgIpc) is 3.03. The van der Waals surface area contributed by atoms with Gasteiger partial charge in [-0.2, -0.15) is 5.10 Å². The van der Waals surface area contributed by atoms with Crippen molar-refractivity contribution in [2.75, 3.05) is 18.9 Å². The number of hydrogen-bond acceptors (Lipinski definition) is 4. The third kappa shape index (κ3) is 5.17. The molecule has 3 rings (SSSR count). The Morgan fingerprint density at radius 2 is 1.72 bits per heavy atom. The van der Waals surface area contributed by atoms with Gasteiger partial charge in [0, 0.05) is 37.1 Å². The Labute approximate surface area is 148 Å². The van der Waals surface area contributed by atoms with Crippen LogP contribution >= 0.6 is 0 Å². The van der Waals surface area contributed by atoms with Crippen LogP contribution in [0, 0.1) is 0 Å². The van der Waals surface area contributed by atoms with Crippen molar-refractivity contribution in [2.24, 2.45) is 0 Å². The number of benzene rings is 2. The van der Waals surface area contributed by atoms with E-state index in [1.54, 1.807) is 0 Å². The molecule has 0 aliphatic rings. The van der Waals surface area contributed by atoms with Gasteiger partial charge in [0.15, 0.2) is 0 Å². The molecule has 5 nitrogen and oxygen atoms in total. The maximum atomic E-state index is 9.36. The highest BCUT2D eigenvalue weighted by Crippen LogP contribution is 2.13. The van der Waals surface area contributed by atoms with Crippen LogP contribution in [0.4, 0.5) is 5.69 Å². The summed E-state index contributed by atoms with van der Waals surface area (Å²) in [5.74, 6) is 0. The molecule has 130 valence electrons. The number of aliphatic hydroxyl groups is 1. The van der Waals surface area contributed by atoms with E-state index in [2.05, 4.69) is 34.4 Å². The van der Waals surface area contributed by atoms with E-state index >= 15 is 0 Å². The zero-order chi connectivity index (χ0) is 17.5. The fraction of sp³-hybridized carbons (Fsp3) is 0.250. The van der Waals surface area contributed by atoms with E-state index in [4.69, 9.17) is 5.73 Å². The number of nitrogens with zero attached hydrogens (tertiary/aromatic N) is 3. The highest BCUT2D eigenvalue weighted by Gasteiger charge is 2.09. The molecular formula is C20H24N4O. The Morgan fingerprint density at radius 1 is 0.960 bits per heavy atom. The third-order valence-electron chi connectivity index (χ3n) is 4.05. The van der Waals surface area contributed by atoms with Crippen LogP contribution < -0.4 is 5.73 Å². The molecule has 0 unspecified atom stereocenters. The molecule has 0 atom stereocenters. The zero-order valence-corrected chi connectivity index (χ0v) is 14.3. The van der Waals surface area contributed by atoms with Crippen molar-refractivity contribution < 1.29 is 5.11 Å². The number of rotatable bonds is 8. The summed E-state index contributed by atoms with van der Waals surface area (Å²) >= 11 is 0. The first-order chi connectivity index (χ1) is 12.2. The number of anilines is 1.